The van der Waals surface area contributed by atoms with Crippen LogP contribution in [0.25, 0.3) is 0 Å². The van der Waals surface area contributed by atoms with Crippen LogP contribution in [0, 0.1) is 5.92 Å². The Balaban J connectivity index is 1.49. The number of hydrogen-bond acceptors (Lipinski definition) is 6. The number of anilines is 1. The van der Waals surface area contributed by atoms with Crippen molar-refractivity contribution < 1.29 is 14.2 Å². The molecule has 1 fully saturated rings. The largest absolute Gasteiger partial charge is 0.463 e. The van der Waals surface area contributed by atoms with Crippen molar-refractivity contribution in [2.45, 2.75) is 58.0 Å². The van der Waals surface area contributed by atoms with Crippen LogP contribution in [0.5, 0.6) is 5.88 Å². The first-order valence-electron chi connectivity index (χ1n) is 11.0. The van der Waals surface area contributed by atoms with E-state index in [0.717, 1.165) is 37.0 Å². The lowest BCUT2D eigenvalue weighted by molar-refractivity contribution is 0.171. The lowest BCUT2D eigenvalue weighted by Crippen LogP contribution is -2.41. The Hall–Kier alpha value is -2.24. The molecule has 0 bridgehead atoms. The highest BCUT2D eigenvalue weighted by Crippen LogP contribution is 2.47. The molecule has 1 aromatic carbocycles. The number of nitrogen functional groups attached to an aromatic ring is 1. The summed E-state index contributed by atoms with van der Waals surface area (Å²) in [6.07, 6.45) is 6.38. The molecule has 0 saturated heterocycles. The quantitative estimate of drug-likeness (QED) is 0.636. The van der Waals surface area contributed by atoms with Crippen LogP contribution >= 0.6 is 7.37 Å². The Morgan fingerprint density at radius 2 is 1.84 bits per heavy atom. The monoisotopic (exact) mass is 442 g/mol. The number of aromatic nitrogens is 2. The van der Waals surface area contributed by atoms with Crippen LogP contribution in [0.1, 0.15) is 63.5 Å². The molecular formula is C23H31N4O3P. The topological polar surface area (TPSA) is 111 Å². The van der Waals surface area contributed by atoms with Gasteiger partial charge >= 0.3 is 0 Å². The lowest BCUT2D eigenvalue weighted by Gasteiger charge is -2.32. The minimum atomic E-state index is -2.94. The number of nitrogens with two attached hydrogens (primary N) is 1. The molecule has 4 rings (SSSR count). The van der Waals surface area contributed by atoms with E-state index in [-0.39, 0.29) is 0 Å². The molecule has 1 aliphatic heterocycles. The zero-order valence-corrected chi connectivity index (χ0v) is 19.3. The molecule has 3 N–H and O–H groups in total. The van der Waals surface area contributed by atoms with E-state index in [0.29, 0.717) is 41.5 Å². The third-order valence-electron chi connectivity index (χ3n) is 6.50. The lowest BCUT2D eigenvalue weighted by atomic mass is 9.79. The van der Waals surface area contributed by atoms with Crippen molar-refractivity contribution in [3.63, 3.8) is 0 Å². The molecule has 2 heterocycles. The predicted molar refractivity (Wildman–Crippen MR) is 124 cm³/mol. The Morgan fingerprint density at radius 1 is 1.16 bits per heavy atom. The Bertz CT molecular complexity index is 1030. The highest BCUT2D eigenvalue weighted by Gasteiger charge is 2.35. The standard InChI is InChI=1S/C23H31N4O3P/c1-4-31(28,29)13-15-5-7-16(8-6-15)17-9-11-18(12-10-17)20-23(2,3)30-22-19(27-20)21(24)25-14-26-22/h9-12,14-16H,4-8,13H2,1-3H3,(H,28,29)(H2,24,25,26)/t15-,16-. The molecule has 0 radical (unpaired) electrons. The first-order valence-corrected chi connectivity index (χ1v) is 13.0. The molecule has 8 heteroatoms. The minimum Gasteiger partial charge on any atom is -0.463 e. The van der Waals surface area contributed by atoms with Crippen molar-refractivity contribution in [3.8, 4) is 5.88 Å². The van der Waals surface area contributed by atoms with E-state index < -0.39 is 13.0 Å². The zero-order chi connectivity index (χ0) is 22.2. The predicted octanol–water partition coefficient (Wildman–Crippen LogP) is 4.91. The van der Waals surface area contributed by atoms with E-state index in [1.165, 1.54) is 11.9 Å². The van der Waals surface area contributed by atoms with Gasteiger partial charge in [0.15, 0.2) is 11.5 Å². The van der Waals surface area contributed by atoms with Gasteiger partial charge in [-0.1, -0.05) is 31.2 Å². The summed E-state index contributed by atoms with van der Waals surface area (Å²) in [6, 6.07) is 8.52. The van der Waals surface area contributed by atoms with Crippen molar-refractivity contribution in [2.75, 3.05) is 18.1 Å². The fourth-order valence-electron chi connectivity index (χ4n) is 4.63. The van der Waals surface area contributed by atoms with Crippen molar-refractivity contribution in [1.82, 2.24) is 9.97 Å². The van der Waals surface area contributed by atoms with Crippen LogP contribution in [-0.2, 0) is 4.57 Å². The van der Waals surface area contributed by atoms with Gasteiger partial charge in [0.05, 0.1) is 5.71 Å². The molecule has 7 nitrogen and oxygen atoms in total. The molecule has 1 saturated carbocycles. The van der Waals surface area contributed by atoms with Crippen LogP contribution < -0.4 is 10.5 Å². The van der Waals surface area contributed by atoms with E-state index in [1.807, 2.05) is 13.8 Å². The Labute approximate surface area is 183 Å². The van der Waals surface area contributed by atoms with Gasteiger partial charge in [-0.25, -0.2) is 9.98 Å². The van der Waals surface area contributed by atoms with Crippen LogP contribution in [0.2, 0.25) is 0 Å². The van der Waals surface area contributed by atoms with E-state index in [2.05, 4.69) is 34.2 Å². The van der Waals surface area contributed by atoms with Crippen molar-refractivity contribution >= 4 is 24.6 Å². The summed E-state index contributed by atoms with van der Waals surface area (Å²) in [5.74, 6) is 1.58. The summed E-state index contributed by atoms with van der Waals surface area (Å²) >= 11 is 0. The normalized spacial score (nSPS) is 24.5. The second kappa shape index (κ2) is 8.36. The number of hydrogen-bond donors (Lipinski definition) is 2. The average Bonchev–Trinajstić information content (AvgIpc) is 2.73. The van der Waals surface area contributed by atoms with Gasteiger partial charge in [0.2, 0.25) is 13.2 Å². The number of benzene rings is 1. The number of rotatable bonds is 5. The molecule has 1 unspecified atom stereocenters. The number of aliphatic imine (C=N–C) groups is 1. The summed E-state index contributed by atoms with van der Waals surface area (Å²) in [4.78, 5) is 22.9. The summed E-state index contributed by atoms with van der Waals surface area (Å²) in [7, 11) is -2.94. The molecule has 166 valence electrons. The van der Waals surface area contributed by atoms with Gasteiger partial charge in [-0.15, -0.1) is 0 Å². The maximum atomic E-state index is 12.1. The van der Waals surface area contributed by atoms with Gasteiger partial charge in [0.25, 0.3) is 0 Å². The Kier molecular flexibility index (Phi) is 5.93. The zero-order valence-electron chi connectivity index (χ0n) is 18.4. The van der Waals surface area contributed by atoms with Crippen molar-refractivity contribution in [3.05, 3.63) is 41.7 Å². The van der Waals surface area contributed by atoms with Gasteiger partial charge in [0.1, 0.15) is 11.9 Å². The molecule has 1 aliphatic carbocycles. The maximum absolute atomic E-state index is 12.1. The van der Waals surface area contributed by atoms with E-state index in [4.69, 9.17) is 15.5 Å². The van der Waals surface area contributed by atoms with E-state index >= 15 is 0 Å². The van der Waals surface area contributed by atoms with Crippen LogP contribution in [0.15, 0.2) is 35.6 Å². The average molecular weight is 443 g/mol. The Morgan fingerprint density at radius 3 is 2.48 bits per heavy atom. The molecule has 2 aliphatic rings. The second-order valence-corrected chi connectivity index (χ2v) is 11.9. The molecule has 1 atom stereocenters. The van der Waals surface area contributed by atoms with E-state index in [9.17, 15) is 9.46 Å². The third kappa shape index (κ3) is 4.68. The number of nitrogens with zero attached hydrogens (tertiary/aromatic N) is 3. The number of fused-ring (bicyclic) bond motifs is 1. The molecule has 0 spiro atoms. The van der Waals surface area contributed by atoms with Gasteiger partial charge in [-0.3, -0.25) is 4.57 Å². The SMILES string of the molecule is CCP(=O)(O)C[C@H]1CC[C@H](c2ccc(C3=Nc4c(N)ncnc4OC3(C)C)cc2)CC1. The molecule has 31 heavy (non-hydrogen) atoms. The summed E-state index contributed by atoms with van der Waals surface area (Å²) in [5, 5.41) is 0. The van der Waals surface area contributed by atoms with Gasteiger partial charge in [0, 0.05) is 17.9 Å². The summed E-state index contributed by atoms with van der Waals surface area (Å²) in [5.41, 5.74) is 8.92. The van der Waals surface area contributed by atoms with Gasteiger partial charge < -0.3 is 15.4 Å². The maximum Gasteiger partial charge on any atom is 0.246 e. The molecule has 2 aromatic rings. The fraction of sp³-hybridized carbons (Fsp3) is 0.522. The molecule has 1 aromatic heterocycles. The first kappa shape index (κ1) is 22.0. The smallest absolute Gasteiger partial charge is 0.246 e. The summed E-state index contributed by atoms with van der Waals surface area (Å²) < 4.78 is 18.1. The number of ether oxygens (including phenoxy) is 1. The second-order valence-electron chi connectivity index (χ2n) is 9.17. The fourth-order valence-corrected chi connectivity index (χ4v) is 6.06. The van der Waals surface area contributed by atoms with Gasteiger partial charge in [-0.05, 0) is 56.9 Å². The minimum absolute atomic E-state index is 0.307. The van der Waals surface area contributed by atoms with Crippen molar-refractivity contribution in [2.24, 2.45) is 10.9 Å². The van der Waals surface area contributed by atoms with Crippen LogP contribution in [0.3, 0.4) is 0 Å². The molecule has 0 amide bonds. The van der Waals surface area contributed by atoms with Crippen molar-refractivity contribution in [1.29, 1.82) is 0 Å². The third-order valence-corrected chi connectivity index (χ3v) is 8.58. The highest BCUT2D eigenvalue weighted by atomic mass is 31.2. The van der Waals surface area contributed by atoms with E-state index in [1.54, 1.807) is 6.92 Å². The van der Waals surface area contributed by atoms with Crippen LogP contribution in [0.4, 0.5) is 11.5 Å². The van der Waals surface area contributed by atoms with Gasteiger partial charge in [-0.2, -0.15) is 4.98 Å². The first-order chi connectivity index (χ1) is 14.7. The van der Waals surface area contributed by atoms with Crippen LogP contribution in [-0.4, -0.2) is 38.5 Å². The highest BCUT2D eigenvalue weighted by molar-refractivity contribution is 7.57. The molecular weight excluding hydrogens is 411 g/mol. The summed E-state index contributed by atoms with van der Waals surface area (Å²) in [6.45, 7) is 5.74.